The minimum Gasteiger partial charge on any atom is -0.480 e. The number of nitrogens with two attached hydrogens (primary N) is 3. The number of hydrogen-bond donors (Lipinski definition) is 12. The molecule has 3 saturated heterocycles. The highest BCUT2D eigenvalue weighted by molar-refractivity contribution is 5.99. The molecule has 0 unspecified atom stereocenters. The highest BCUT2D eigenvalue weighted by atomic mass is 16.4. The van der Waals surface area contributed by atoms with Gasteiger partial charge in [0.1, 0.15) is 54.4 Å². The molecular formula is C61H90N14O12. The molecule has 87 heavy (non-hydrogen) atoms. The SMILES string of the molecule is CCCC[C@H](N)C(=O)N1CCC[C@H]1C(=O)N[C@@H](CC(C)C)C(=O)N[C@@H](Cc1c[nH]c2ccccc12)C(=O)N[C@@H](CO)C(=O)N[C@@H](CCCN=C(N)N)C(=O)N[C@H](C(=O)N1CCC[C@H]1C(=O)N[C@@H](Cc1ccccc1)C(=O)N1CCC[C@H]1C(=O)O)C(C)C. The van der Waals surface area contributed by atoms with Gasteiger partial charge < -0.3 is 79.0 Å². The Morgan fingerprint density at radius 1 is 0.621 bits per heavy atom. The number of aliphatic hydroxyl groups excluding tert-OH is 1. The zero-order chi connectivity index (χ0) is 63.5. The number of aromatic amines is 1. The molecule has 26 nitrogen and oxygen atoms in total. The molecule has 3 aromatic rings. The highest BCUT2D eigenvalue weighted by Crippen LogP contribution is 2.25. The van der Waals surface area contributed by atoms with Crippen LogP contribution in [0.5, 0.6) is 0 Å². The van der Waals surface area contributed by atoms with Crippen LogP contribution in [0.3, 0.4) is 0 Å². The van der Waals surface area contributed by atoms with Gasteiger partial charge in [-0.25, -0.2) is 4.79 Å². The van der Waals surface area contributed by atoms with E-state index in [1.807, 2.05) is 39.0 Å². The number of hydrogen-bond acceptors (Lipinski definition) is 13. The number of benzene rings is 2. The summed E-state index contributed by atoms with van der Waals surface area (Å²) in [4.78, 5) is 152. The lowest BCUT2D eigenvalue weighted by Crippen LogP contribution is -2.61. The second kappa shape index (κ2) is 32.6. The third-order valence-electron chi connectivity index (χ3n) is 16.3. The number of carbonyl (C=O) groups excluding carboxylic acids is 9. The van der Waals surface area contributed by atoms with Gasteiger partial charge in [-0.3, -0.25) is 48.1 Å². The van der Waals surface area contributed by atoms with Gasteiger partial charge >= 0.3 is 5.97 Å². The van der Waals surface area contributed by atoms with Crippen molar-refractivity contribution in [3.05, 3.63) is 71.9 Å². The second-order valence-electron chi connectivity index (χ2n) is 23.7. The van der Waals surface area contributed by atoms with Gasteiger partial charge in [0.15, 0.2) is 5.96 Å². The Balaban J connectivity index is 1.19. The standard InChI is InChI=1S/C61H90N14O12/c1-6-7-20-40(62)57(83)73-27-14-23-47(73)55(81)69-43(30-35(2)3)52(78)68-44(32-38-33-66-41-21-12-11-19-39(38)41)53(79)71-46(34-76)54(80)67-42(22-13-26-65-61(63)64)51(77)72-50(36(4)5)59(85)74-28-15-24-48(74)56(82)70-45(31-37-17-9-8-10-18-37)58(84)75-29-16-25-49(75)60(86)87/h8-12,17-19,21,33,35-36,40,42-50,66,76H,6-7,13-16,20,22-32,34,62H2,1-5H3,(H,67,80)(H,68,78)(H,69,81)(H,70,82)(H,71,79)(H,72,77)(H,86,87)(H4,63,64,65)/t40-,42-,43-,44-,45-,46-,47-,48-,49-,50-/m0/s1. The summed E-state index contributed by atoms with van der Waals surface area (Å²) in [6.07, 6.45) is 6.12. The fourth-order valence-corrected chi connectivity index (χ4v) is 11.6. The summed E-state index contributed by atoms with van der Waals surface area (Å²) in [6.45, 7) is 8.78. The molecule has 0 radical (unpaired) electrons. The van der Waals surface area contributed by atoms with Crippen LogP contribution in [0.15, 0.2) is 65.8 Å². The van der Waals surface area contributed by atoms with E-state index in [1.54, 1.807) is 56.4 Å². The smallest absolute Gasteiger partial charge is 0.326 e. The Hall–Kier alpha value is -8.13. The van der Waals surface area contributed by atoms with E-state index < -0.39 is 126 Å². The van der Waals surface area contributed by atoms with Crippen molar-refractivity contribution in [3.63, 3.8) is 0 Å². The first-order valence-corrected chi connectivity index (χ1v) is 30.5. The predicted octanol–water partition coefficient (Wildman–Crippen LogP) is 0.185. The normalized spacial score (nSPS) is 19.1. The first-order valence-electron chi connectivity index (χ1n) is 30.5. The quantitative estimate of drug-likeness (QED) is 0.0232. The van der Waals surface area contributed by atoms with Crippen LogP contribution < -0.4 is 49.1 Å². The van der Waals surface area contributed by atoms with Gasteiger partial charge in [0.25, 0.3) is 0 Å². The Bertz CT molecular complexity index is 2920. The topological polar surface area (TPSA) is 399 Å². The summed E-state index contributed by atoms with van der Waals surface area (Å²) < 4.78 is 0. The molecule has 6 rings (SSSR count). The van der Waals surface area contributed by atoms with Gasteiger partial charge in [-0.1, -0.05) is 96.0 Å². The number of para-hydroxylation sites is 1. The van der Waals surface area contributed by atoms with Crippen LogP contribution in [0.4, 0.5) is 0 Å². The molecule has 3 aliphatic heterocycles. The lowest BCUT2D eigenvalue weighted by atomic mass is 10.00. The van der Waals surface area contributed by atoms with Gasteiger partial charge in [-0.05, 0) is 93.2 Å². The van der Waals surface area contributed by atoms with Crippen LogP contribution in [0.1, 0.15) is 123 Å². The number of amides is 9. The summed E-state index contributed by atoms with van der Waals surface area (Å²) in [5.74, 6) is -8.24. The van der Waals surface area contributed by atoms with E-state index in [-0.39, 0.29) is 82.4 Å². The van der Waals surface area contributed by atoms with Crippen molar-refractivity contribution in [2.45, 2.75) is 185 Å². The number of carbonyl (C=O) groups is 10. The van der Waals surface area contributed by atoms with E-state index in [4.69, 9.17) is 17.2 Å². The Labute approximate surface area is 507 Å². The van der Waals surface area contributed by atoms with Crippen molar-refractivity contribution in [1.82, 2.24) is 51.6 Å². The van der Waals surface area contributed by atoms with Crippen molar-refractivity contribution in [3.8, 4) is 0 Å². The van der Waals surface area contributed by atoms with Crippen LogP contribution >= 0.6 is 0 Å². The number of H-pyrrole nitrogens is 1. The molecule has 26 heteroatoms. The molecule has 15 N–H and O–H groups in total. The second-order valence-corrected chi connectivity index (χ2v) is 23.7. The number of aliphatic hydroxyl groups is 1. The van der Waals surface area contributed by atoms with Crippen LogP contribution in [-0.2, 0) is 60.8 Å². The van der Waals surface area contributed by atoms with E-state index >= 15 is 0 Å². The van der Waals surface area contributed by atoms with Crippen LogP contribution in [0.2, 0.25) is 0 Å². The minimum absolute atomic E-state index is 0.0273. The number of carboxylic acid groups (broad SMARTS) is 1. The molecule has 0 saturated carbocycles. The Morgan fingerprint density at radius 3 is 1.76 bits per heavy atom. The fourth-order valence-electron chi connectivity index (χ4n) is 11.6. The number of aliphatic carboxylic acids is 1. The van der Waals surface area contributed by atoms with Gasteiger partial charge in [-0.15, -0.1) is 0 Å². The summed E-state index contributed by atoms with van der Waals surface area (Å²) in [7, 11) is 0. The molecule has 0 spiro atoms. The monoisotopic (exact) mass is 1210 g/mol. The molecule has 3 aliphatic rings. The van der Waals surface area contributed by atoms with E-state index in [0.717, 1.165) is 23.7 Å². The fraction of sp³-hybridized carbons (Fsp3) is 0.590. The average molecular weight is 1210 g/mol. The van der Waals surface area contributed by atoms with Crippen LogP contribution in [0, 0.1) is 11.8 Å². The number of carboxylic acids is 1. The summed E-state index contributed by atoms with van der Waals surface area (Å²) in [6, 6.07) is 4.30. The van der Waals surface area contributed by atoms with Gasteiger partial charge in [0.05, 0.1) is 12.6 Å². The predicted molar refractivity (Wildman–Crippen MR) is 324 cm³/mol. The van der Waals surface area contributed by atoms with E-state index in [1.165, 1.54) is 14.7 Å². The zero-order valence-corrected chi connectivity index (χ0v) is 50.6. The molecule has 3 fully saturated rings. The lowest BCUT2D eigenvalue weighted by molar-refractivity contribution is -0.150. The Kier molecular flexibility index (Phi) is 25.4. The third kappa shape index (κ3) is 18.7. The minimum atomic E-state index is -1.71. The number of aliphatic imine (C=N–C) groups is 1. The molecule has 10 atom stereocenters. The molecule has 1 aromatic heterocycles. The van der Waals surface area contributed by atoms with Crippen molar-refractivity contribution in [2.24, 2.45) is 34.0 Å². The van der Waals surface area contributed by atoms with Crippen LogP contribution in [0.25, 0.3) is 10.9 Å². The number of nitrogens with one attached hydrogen (secondary N) is 7. The maximum Gasteiger partial charge on any atom is 0.326 e. The molecular weight excluding hydrogens is 1120 g/mol. The summed E-state index contributed by atoms with van der Waals surface area (Å²) in [5, 5.41) is 37.8. The average Bonchev–Trinajstić information content (AvgIpc) is 2.47. The molecule has 4 heterocycles. The van der Waals surface area contributed by atoms with Gasteiger partial charge in [0, 0.05) is 56.1 Å². The van der Waals surface area contributed by atoms with Crippen molar-refractivity contribution in [1.29, 1.82) is 0 Å². The molecule has 2 aromatic carbocycles. The number of fused-ring (bicyclic) bond motifs is 1. The molecule has 9 amide bonds. The van der Waals surface area contributed by atoms with E-state index in [2.05, 4.69) is 41.9 Å². The number of likely N-dealkylation sites (tertiary alicyclic amines) is 3. The van der Waals surface area contributed by atoms with E-state index in [0.29, 0.717) is 49.8 Å². The largest absolute Gasteiger partial charge is 0.480 e. The first kappa shape index (κ1) is 68.0. The number of guanidine groups is 1. The van der Waals surface area contributed by atoms with Crippen molar-refractivity contribution < 1.29 is 58.2 Å². The highest BCUT2D eigenvalue weighted by Gasteiger charge is 2.44. The third-order valence-corrected chi connectivity index (χ3v) is 16.3. The van der Waals surface area contributed by atoms with E-state index in [9.17, 15) is 58.2 Å². The maximum absolute atomic E-state index is 14.7. The van der Waals surface area contributed by atoms with Crippen molar-refractivity contribution >= 4 is 76.0 Å². The number of nitrogens with zero attached hydrogens (tertiary/aromatic N) is 4. The van der Waals surface area contributed by atoms with Gasteiger partial charge in [0.2, 0.25) is 53.2 Å². The number of rotatable bonds is 31. The summed E-state index contributed by atoms with van der Waals surface area (Å²) in [5.41, 5.74) is 19.5. The molecule has 476 valence electrons. The number of unbranched alkanes of at least 4 members (excludes halogenated alkanes) is 1. The number of aromatic nitrogens is 1. The molecule has 0 aliphatic carbocycles. The summed E-state index contributed by atoms with van der Waals surface area (Å²) >= 11 is 0. The lowest BCUT2D eigenvalue weighted by Gasteiger charge is -2.33. The molecule has 0 bridgehead atoms. The first-order chi connectivity index (χ1) is 41.5. The zero-order valence-electron chi connectivity index (χ0n) is 50.6. The Morgan fingerprint density at radius 2 is 1.16 bits per heavy atom. The van der Waals surface area contributed by atoms with Crippen LogP contribution in [-0.4, -0.2) is 188 Å². The van der Waals surface area contributed by atoms with Gasteiger partial charge in [-0.2, -0.15) is 0 Å². The van der Waals surface area contributed by atoms with Crippen molar-refractivity contribution in [2.75, 3.05) is 32.8 Å². The maximum atomic E-state index is 14.7.